The molecule has 1 heterocycles. The van der Waals surface area contributed by atoms with Gasteiger partial charge >= 0.3 is 0 Å². The van der Waals surface area contributed by atoms with E-state index in [1.807, 2.05) is 11.4 Å². The SMILES string of the molecule is COCCCOCc1cc(C#CCCO)cs1. The number of hydrogen-bond donors (Lipinski definition) is 1. The van der Waals surface area contributed by atoms with Gasteiger partial charge in [0.2, 0.25) is 0 Å². The fraction of sp³-hybridized carbons (Fsp3) is 0.538. The second kappa shape index (κ2) is 9.20. The van der Waals surface area contributed by atoms with Gasteiger partial charge in [0, 0.05) is 42.6 Å². The number of hydrogen-bond acceptors (Lipinski definition) is 4. The number of aliphatic hydroxyl groups excluding tert-OH is 1. The van der Waals surface area contributed by atoms with Gasteiger partial charge in [0.1, 0.15) is 0 Å². The summed E-state index contributed by atoms with van der Waals surface area (Å²) >= 11 is 1.65. The van der Waals surface area contributed by atoms with Crippen LogP contribution in [0.4, 0.5) is 0 Å². The lowest BCUT2D eigenvalue weighted by Gasteiger charge is -2.01. The summed E-state index contributed by atoms with van der Waals surface area (Å²) < 4.78 is 10.4. The van der Waals surface area contributed by atoms with Crippen molar-refractivity contribution in [2.75, 3.05) is 26.9 Å². The Labute approximate surface area is 106 Å². The number of thiophene rings is 1. The molecule has 1 rings (SSSR count). The maximum atomic E-state index is 8.61. The van der Waals surface area contributed by atoms with E-state index in [-0.39, 0.29) is 6.61 Å². The first kappa shape index (κ1) is 14.2. The van der Waals surface area contributed by atoms with Gasteiger partial charge in [-0.15, -0.1) is 11.3 Å². The zero-order valence-corrected chi connectivity index (χ0v) is 10.9. The van der Waals surface area contributed by atoms with Crippen LogP contribution >= 0.6 is 11.3 Å². The Balaban J connectivity index is 2.24. The zero-order chi connectivity index (χ0) is 12.3. The van der Waals surface area contributed by atoms with Crippen molar-refractivity contribution in [2.45, 2.75) is 19.4 Å². The summed E-state index contributed by atoms with van der Waals surface area (Å²) in [4.78, 5) is 1.18. The van der Waals surface area contributed by atoms with Gasteiger partial charge in [-0.05, 0) is 12.5 Å². The molecule has 1 aromatic rings. The normalized spacial score (nSPS) is 10.0. The highest BCUT2D eigenvalue weighted by molar-refractivity contribution is 7.10. The van der Waals surface area contributed by atoms with E-state index in [1.165, 1.54) is 4.88 Å². The topological polar surface area (TPSA) is 38.7 Å². The molecule has 0 saturated heterocycles. The largest absolute Gasteiger partial charge is 0.395 e. The van der Waals surface area contributed by atoms with Crippen LogP contribution in [0.1, 0.15) is 23.3 Å². The molecule has 3 nitrogen and oxygen atoms in total. The van der Waals surface area contributed by atoms with E-state index in [2.05, 4.69) is 11.8 Å². The molecule has 0 amide bonds. The third-order valence-electron chi connectivity index (χ3n) is 2.00. The van der Waals surface area contributed by atoms with E-state index in [4.69, 9.17) is 14.6 Å². The molecule has 0 atom stereocenters. The monoisotopic (exact) mass is 254 g/mol. The predicted octanol–water partition coefficient (Wildman–Crippen LogP) is 2.04. The summed E-state index contributed by atoms with van der Waals surface area (Å²) in [7, 11) is 1.69. The lowest BCUT2D eigenvalue weighted by atomic mass is 10.3. The number of methoxy groups -OCH3 is 1. The Bertz CT molecular complexity index is 362. The second-order valence-electron chi connectivity index (χ2n) is 3.48. The third kappa shape index (κ3) is 6.44. The van der Waals surface area contributed by atoms with Crippen molar-refractivity contribution >= 4 is 11.3 Å². The molecule has 0 radical (unpaired) electrons. The van der Waals surface area contributed by atoms with Gasteiger partial charge in [-0.3, -0.25) is 0 Å². The minimum absolute atomic E-state index is 0.118. The van der Waals surface area contributed by atoms with Crippen molar-refractivity contribution in [3.05, 3.63) is 21.9 Å². The van der Waals surface area contributed by atoms with Gasteiger partial charge in [0.25, 0.3) is 0 Å². The van der Waals surface area contributed by atoms with E-state index in [0.717, 1.165) is 25.2 Å². The van der Waals surface area contributed by atoms with Crippen LogP contribution in [0.15, 0.2) is 11.4 Å². The van der Waals surface area contributed by atoms with Crippen molar-refractivity contribution < 1.29 is 14.6 Å². The van der Waals surface area contributed by atoms with Crippen LogP contribution < -0.4 is 0 Å². The highest BCUT2D eigenvalue weighted by Gasteiger charge is 1.98. The van der Waals surface area contributed by atoms with E-state index >= 15 is 0 Å². The van der Waals surface area contributed by atoms with E-state index in [0.29, 0.717) is 13.0 Å². The predicted molar refractivity (Wildman–Crippen MR) is 69.0 cm³/mol. The van der Waals surface area contributed by atoms with Crippen LogP contribution in [0.25, 0.3) is 0 Å². The minimum atomic E-state index is 0.118. The average molecular weight is 254 g/mol. The molecule has 0 spiro atoms. The molecule has 0 saturated carbocycles. The van der Waals surface area contributed by atoms with Crippen molar-refractivity contribution in [2.24, 2.45) is 0 Å². The summed E-state index contributed by atoms with van der Waals surface area (Å²) in [6.07, 6.45) is 1.45. The zero-order valence-electron chi connectivity index (χ0n) is 10.1. The molecule has 0 aliphatic rings. The molecule has 17 heavy (non-hydrogen) atoms. The quantitative estimate of drug-likeness (QED) is 0.598. The minimum Gasteiger partial charge on any atom is -0.395 e. The van der Waals surface area contributed by atoms with E-state index in [9.17, 15) is 0 Å². The molecule has 0 bridgehead atoms. The molecule has 0 aromatic carbocycles. The molecule has 1 N–H and O–H groups in total. The lowest BCUT2D eigenvalue weighted by Crippen LogP contribution is -1.98. The van der Waals surface area contributed by atoms with Gasteiger partial charge in [-0.2, -0.15) is 0 Å². The van der Waals surface area contributed by atoms with Crippen molar-refractivity contribution in [3.63, 3.8) is 0 Å². The van der Waals surface area contributed by atoms with Crippen LogP contribution in [0.3, 0.4) is 0 Å². The van der Waals surface area contributed by atoms with Crippen molar-refractivity contribution in [3.8, 4) is 11.8 Å². The van der Waals surface area contributed by atoms with Gasteiger partial charge in [-0.25, -0.2) is 0 Å². The smallest absolute Gasteiger partial charge is 0.0809 e. The van der Waals surface area contributed by atoms with Crippen LogP contribution in [0.5, 0.6) is 0 Å². The summed E-state index contributed by atoms with van der Waals surface area (Å²) in [6, 6.07) is 2.03. The highest BCUT2D eigenvalue weighted by atomic mass is 32.1. The van der Waals surface area contributed by atoms with Crippen molar-refractivity contribution in [1.82, 2.24) is 0 Å². The maximum Gasteiger partial charge on any atom is 0.0809 e. The summed E-state index contributed by atoms with van der Waals surface area (Å²) in [5.74, 6) is 5.90. The standard InChI is InChI=1S/C13H18O3S/c1-15-7-4-8-16-10-13-9-12(11-17-13)5-2-3-6-14/h9,11,14H,3-4,6-8,10H2,1H3. The number of rotatable bonds is 7. The molecule has 1 aromatic heterocycles. The van der Waals surface area contributed by atoms with Crippen LogP contribution in [-0.2, 0) is 16.1 Å². The molecule has 0 fully saturated rings. The van der Waals surface area contributed by atoms with Crippen LogP contribution in [0, 0.1) is 11.8 Å². The van der Waals surface area contributed by atoms with Gasteiger partial charge in [0.05, 0.1) is 13.2 Å². The summed E-state index contributed by atoms with van der Waals surface area (Å²) in [6.45, 7) is 2.21. The van der Waals surface area contributed by atoms with E-state index < -0.39 is 0 Å². The number of ether oxygens (including phenoxy) is 2. The molecular weight excluding hydrogens is 236 g/mol. The first-order valence-corrected chi connectivity index (χ1v) is 6.48. The third-order valence-corrected chi connectivity index (χ3v) is 2.91. The lowest BCUT2D eigenvalue weighted by molar-refractivity contribution is 0.0943. The molecular formula is C13H18O3S. The molecule has 0 aliphatic heterocycles. The Kier molecular flexibility index (Phi) is 7.69. The fourth-order valence-corrected chi connectivity index (χ4v) is 1.97. The Morgan fingerprint density at radius 2 is 2.29 bits per heavy atom. The van der Waals surface area contributed by atoms with Crippen LogP contribution in [0.2, 0.25) is 0 Å². The fourth-order valence-electron chi connectivity index (χ4n) is 1.22. The highest BCUT2D eigenvalue weighted by Crippen LogP contribution is 2.14. The Morgan fingerprint density at radius 1 is 1.41 bits per heavy atom. The average Bonchev–Trinajstić information content (AvgIpc) is 2.77. The molecule has 4 heteroatoms. The Hall–Kier alpha value is -0.860. The summed E-state index contributed by atoms with van der Waals surface area (Å²) in [5.41, 5.74) is 0.999. The molecule has 94 valence electrons. The molecule has 0 unspecified atom stereocenters. The number of aliphatic hydroxyl groups is 1. The molecule has 0 aliphatic carbocycles. The summed E-state index contributed by atoms with van der Waals surface area (Å²) in [5, 5.41) is 10.6. The van der Waals surface area contributed by atoms with Gasteiger partial charge < -0.3 is 14.6 Å². The van der Waals surface area contributed by atoms with Crippen LogP contribution in [-0.4, -0.2) is 32.0 Å². The van der Waals surface area contributed by atoms with E-state index in [1.54, 1.807) is 18.4 Å². The first-order valence-electron chi connectivity index (χ1n) is 5.60. The van der Waals surface area contributed by atoms with Gasteiger partial charge in [0.15, 0.2) is 0 Å². The Morgan fingerprint density at radius 3 is 3.06 bits per heavy atom. The maximum absolute atomic E-state index is 8.61. The van der Waals surface area contributed by atoms with Crippen molar-refractivity contribution in [1.29, 1.82) is 0 Å². The van der Waals surface area contributed by atoms with Gasteiger partial charge in [-0.1, -0.05) is 11.8 Å². The first-order chi connectivity index (χ1) is 8.36. The second-order valence-corrected chi connectivity index (χ2v) is 4.47.